The summed E-state index contributed by atoms with van der Waals surface area (Å²) in [6.07, 6.45) is 3.82. The molecule has 0 spiro atoms. The van der Waals surface area contributed by atoms with Crippen LogP contribution in [0.4, 0.5) is 8.78 Å². The fourth-order valence-corrected chi connectivity index (χ4v) is 5.45. The average Bonchev–Trinajstić information content (AvgIpc) is 3.40. The van der Waals surface area contributed by atoms with E-state index in [0.29, 0.717) is 17.9 Å². The van der Waals surface area contributed by atoms with Crippen LogP contribution in [0.5, 0.6) is 0 Å². The van der Waals surface area contributed by atoms with E-state index in [9.17, 15) is 13.9 Å². The molecule has 0 saturated heterocycles. The third-order valence-corrected chi connectivity index (χ3v) is 7.56. The first-order valence-electron chi connectivity index (χ1n) is 12.9. The lowest BCUT2D eigenvalue weighted by Gasteiger charge is -2.40. The molecule has 198 valence electrons. The van der Waals surface area contributed by atoms with Crippen molar-refractivity contribution in [2.75, 3.05) is 6.61 Å². The number of pyridine rings is 1. The molecular weight excluding hydrogens is 490 g/mol. The van der Waals surface area contributed by atoms with E-state index >= 15 is 0 Å². The summed E-state index contributed by atoms with van der Waals surface area (Å²) in [5, 5.41) is 32.2. The molecule has 0 amide bonds. The van der Waals surface area contributed by atoms with E-state index in [4.69, 9.17) is 10.1 Å². The van der Waals surface area contributed by atoms with Crippen molar-refractivity contribution < 1.29 is 19.0 Å². The maximum absolute atomic E-state index is 14.6. The Balaban J connectivity index is 1.58. The Bertz CT molecular complexity index is 1420. The van der Waals surface area contributed by atoms with E-state index in [2.05, 4.69) is 34.1 Å². The van der Waals surface area contributed by atoms with Crippen LogP contribution in [-0.4, -0.2) is 52.9 Å². The molecule has 8 nitrogen and oxygen atoms in total. The number of aliphatic hydroxyl groups is 2. The van der Waals surface area contributed by atoms with E-state index in [1.54, 1.807) is 6.07 Å². The van der Waals surface area contributed by atoms with E-state index in [1.807, 2.05) is 18.2 Å². The summed E-state index contributed by atoms with van der Waals surface area (Å²) in [6.45, 7) is 3.94. The van der Waals surface area contributed by atoms with Crippen LogP contribution in [0.15, 0.2) is 48.8 Å². The minimum Gasteiger partial charge on any atom is -0.394 e. The van der Waals surface area contributed by atoms with Gasteiger partial charge < -0.3 is 10.2 Å². The lowest BCUT2D eigenvalue weighted by Crippen LogP contribution is -2.35. The molecule has 3 atom stereocenters. The van der Waals surface area contributed by atoms with Gasteiger partial charge in [0.2, 0.25) is 0 Å². The van der Waals surface area contributed by atoms with Gasteiger partial charge in [0.25, 0.3) is 0 Å². The normalized spacial score (nSPS) is 19.8. The molecule has 0 aliphatic heterocycles. The first-order chi connectivity index (χ1) is 18.4. The number of fused-ring (bicyclic) bond motifs is 1. The molecule has 38 heavy (non-hydrogen) atoms. The number of nitrogens with zero attached hydrogens (tertiary/aromatic N) is 6. The van der Waals surface area contributed by atoms with Crippen molar-refractivity contribution in [3.63, 3.8) is 0 Å². The van der Waals surface area contributed by atoms with Crippen LogP contribution in [0.25, 0.3) is 22.8 Å². The smallest absolute Gasteiger partial charge is 0.199 e. The molecule has 5 rings (SSSR count). The van der Waals surface area contributed by atoms with Crippen LogP contribution in [0, 0.1) is 11.6 Å². The van der Waals surface area contributed by atoms with Gasteiger partial charge in [0.05, 0.1) is 47.3 Å². The summed E-state index contributed by atoms with van der Waals surface area (Å²) in [4.78, 5) is 9.28. The second kappa shape index (κ2) is 10.6. The van der Waals surface area contributed by atoms with Crippen molar-refractivity contribution >= 4 is 0 Å². The Morgan fingerprint density at radius 2 is 1.84 bits per heavy atom. The van der Waals surface area contributed by atoms with Crippen molar-refractivity contribution in [1.29, 1.82) is 0 Å². The topological polar surface area (TPSA) is 110 Å². The Labute approximate surface area is 219 Å². The highest BCUT2D eigenvalue weighted by molar-refractivity contribution is 5.62. The molecule has 4 aromatic rings. The maximum atomic E-state index is 14.6. The first-order valence-corrected chi connectivity index (χ1v) is 12.9. The van der Waals surface area contributed by atoms with E-state index in [1.165, 1.54) is 29.2 Å². The zero-order chi connectivity index (χ0) is 26.9. The molecule has 1 aromatic carbocycles. The van der Waals surface area contributed by atoms with Gasteiger partial charge in [-0.25, -0.2) is 23.4 Å². The minimum atomic E-state index is -0.932. The second-order valence-electron chi connectivity index (χ2n) is 9.74. The van der Waals surface area contributed by atoms with E-state index in [0.717, 1.165) is 36.2 Å². The lowest BCUT2D eigenvalue weighted by atomic mass is 9.65. The van der Waals surface area contributed by atoms with Crippen LogP contribution < -0.4 is 0 Å². The molecule has 2 N–H and O–H groups in total. The predicted molar refractivity (Wildman–Crippen MR) is 137 cm³/mol. The van der Waals surface area contributed by atoms with Gasteiger partial charge >= 0.3 is 0 Å². The van der Waals surface area contributed by atoms with Gasteiger partial charge in [-0.1, -0.05) is 26.0 Å². The van der Waals surface area contributed by atoms with Crippen molar-refractivity contribution in [1.82, 2.24) is 29.9 Å². The minimum absolute atomic E-state index is 0.119. The summed E-state index contributed by atoms with van der Waals surface area (Å²) >= 11 is 0. The molecule has 3 aromatic heterocycles. The fraction of sp³-hybridized carbons (Fsp3) is 0.393. The van der Waals surface area contributed by atoms with Crippen molar-refractivity contribution in [3.05, 3.63) is 77.4 Å². The Kier molecular flexibility index (Phi) is 7.27. The number of hydrogen-bond donors (Lipinski definition) is 2. The molecule has 10 heteroatoms. The van der Waals surface area contributed by atoms with Crippen molar-refractivity contribution in [3.8, 4) is 22.8 Å². The summed E-state index contributed by atoms with van der Waals surface area (Å²) < 4.78 is 30.6. The summed E-state index contributed by atoms with van der Waals surface area (Å²) in [7, 11) is 0. The van der Waals surface area contributed by atoms with Gasteiger partial charge in [-0.15, -0.1) is 10.2 Å². The quantitative estimate of drug-likeness (QED) is 0.354. The summed E-state index contributed by atoms with van der Waals surface area (Å²) in [5.41, 5.74) is 2.59. The molecule has 3 heterocycles. The standard InChI is InChI=1S/C28H30F2N6O2/c1-3-17-11-12-28(4-2,26-19(17)13-23(33-34-26)25-20(29)7-5-8-21(25)30)24-10-6-9-22(32-24)27-31-16-36(35-27)14-18(38)15-37/h5-10,13,16-18,37-38H,3-4,11-12,14-15H2,1-2H3/t17-,18-,28+/m0/s1. The van der Waals surface area contributed by atoms with Gasteiger partial charge in [-0.05, 0) is 67.5 Å². The Morgan fingerprint density at radius 3 is 2.55 bits per heavy atom. The van der Waals surface area contributed by atoms with E-state index in [-0.39, 0.29) is 30.3 Å². The molecule has 0 unspecified atom stereocenters. The zero-order valence-electron chi connectivity index (χ0n) is 21.3. The largest absolute Gasteiger partial charge is 0.394 e. The molecule has 0 radical (unpaired) electrons. The number of halogens is 2. The maximum Gasteiger partial charge on any atom is 0.199 e. The molecule has 1 aliphatic rings. The van der Waals surface area contributed by atoms with Crippen LogP contribution in [-0.2, 0) is 12.0 Å². The first kappa shape index (κ1) is 26.0. The third-order valence-electron chi connectivity index (χ3n) is 7.56. The molecule has 1 aliphatic carbocycles. The van der Waals surface area contributed by atoms with Gasteiger partial charge in [0.15, 0.2) is 5.82 Å². The zero-order valence-corrected chi connectivity index (χ0v) is 21.3. The fourth-order valence-electron chi connectivity index (χ4n) is 5.45. The van der Waals surface area contributed by atoms with Crippen molar-refractivity contribution in [2.45, 2.75) is 63.5 Å². The number of hydrogen-bond acceptors (Lipinski definition) is 7. The number of benzene rings is 1. The molecule has 0 saturated carbocycles. The monoisotopic (exact) mass is 520 g/mol. The van der Waals surface area contributed by atoms with Crippen LogP contribution >= 0.6 is 0 Å². The summed E-state index contributed by atoms with van der Waals surface area (Å²) in [6, 6.07) is 11.3. The SMILES string of the molecule is CC[C@H]1CC[C@](CC)(c2cccc(-c3ncn(C[C@H](O)CO)n3)n2)c2nnc(-c3c(F)cccc3F)cc21. The lowest BCUT2D eigenvalue weighted by molar-refractivity contribution is 0.0782. The van der Waals surface area contributed by atoms with Gasteiger partial charge in [-0.2, -0.15) is 5.10 Å². The molecule has 0 bridgehead atoms. The van der Waals surface area contributed by atoms with Crippen LogP contribution in [0.1, 0.15) is 62.4 Å². The van der Waals surface area contributed by atoms with Crippen LogP contribution in [0.3, 0.4) is 0 Å². The highest BCUT2D eigenvalue weighted by Gasteiger charge is 2.43. The highest BCUT2D eigenvalue weighted by atomic mass is 19.1. The van der Waals surface area contributed by atoms with Gasteiger partial charge in [0, 0.05) is 0 Å². The van der Waals surface area contributed by atoms with E-state index < -0.39 is 23.2 Å². The number of aromatic nitrogens is 6. The van der Waals surface area contributed by atoms with Crippen molar-refractivity contribution in [2.24, 2.45) is 0 Å². The second-order valence-corrected chi connectivity index (χ2v) is 9.74. The predicted octanol–water partition coefficient (Wildman–Crippen LogP) is 4.41. The average molecular weight is 521 g/mol. The number of aliphatic hydroxyl groups excluding tert-OH is 2. The van der Waals surface area contributed by atoms with Gasteiger partial charge in [0.1, 0.15) is 23.7 Å². The number of rotatable bonds is 8. The summed E-state index contributed by atoms with van der Waals surface area (Å²) in [5.74, 6) is -0.746. The van der Waals surface area contributed by atoms with Crippen LogP contribution in [0.2, 0.25) is 0 Å². The molecule has 0 fully saturated rings. The van der Waals surface area contributed by atoms with Gasteiger partial charge in [-0.3, -0.25) is 0 Å². The Morgan fingerprint density at radius 1 is 1.08 bits per heavy atom. The molecular formula is C28H30F2N6O2. The highest BCUT2D eigenvalue weighted by Crippen LogP contribution is 2.49. The Hall–Kier alpha value is -3.63. The third kappa shape index (κ3) is 4.58.